The molecule has 0 saturated carbocycles. The van der Waals surface area contributed by atoms with E-state index >= 15 is 0 Å². The van der Waals surface area contributed by atoms with Crippen LogP contribution in [-0.2, 0) is 6.54 Å². The molecule has 7 heteroatoms. The van der Waals surface area contributed by atoms with Crippen molar-refractivity contribution in [3.63, 3.8) is 0 Å². The van der Waals surface area contributed by atoms with E-state index in [1.165, 1.54) is 11.3 Å². The maximum absolute atomic E-state index is 13.7. The number of carbonyl (C=O) groups is 1. The number of aromatic nitrogens is 3. The summed E-state index contributed by atoms with van der Waals surface area (Å²) in [6, 6.07) is 21.9. The predicted octanol–water partition coefficient (Wildman–Crippen LogP) is 6.21. The Hall–Kier alpha value is -3.97. The number of aryl methyl sites for hydroxylation is 2. The highest BCUT2D eigenvalue weighted by molar-refractivity contribution is 7.22. The molecule has 0 atom stereocenters. The number of ether oxygens (including phenoxy) is 1. The summed E-state index contributed by atoms with van der Waals surface area (Å²) in [5.74, 6) is 0.650. The molecular weight excluding hydrogens is 456 g/mol. The summed E-state index contributed by atoms with van der Waals surface area (Å²) in [5, 5.41) is 0.676. The molecule has 0 bridgehead atoms. The largest absolute Gasteiger partial charge is 0.494 e. The molecule has 35 heavy (non-hydrogen) atoms. The molecule has 0 aliphatic heterocycles. The van der Waals surface area contributed by atoms with E-state index in [1.54, 1.807) is 24.5 Å². The van der Waals surface area contributed by atoms with Gasteiger partial charge in [0, 0.05) is 31.0 Å². The Labute approximate surface area is 208 Å². The molecular formula is C28H26N4O2S. The lowest BCUT2D eigenvalue weighted by Gasteiger charge is -2.20. The van der Waals surface area contributed by atoms with Crippen LogP contribution in [0.2, 0.25) is 0 Å². The summed E-state index contributed by atoms with van der Waals surface area (Å²) < 4.78 is 8.59. The Kier molecular flexibility index (Phi) is 6.59. The quantitative estimate of drug-likeness (QED) is 0.264. The molecule has 5 aromatic rings. The predicted molar refractivity (Wildman–Crippen MR) is 141 cm³/mol. The maximum atomic E-state index is 13.7. The summed E-state index contributed by atoms with van der Waals surface area (Å²) in [4.78, 5) is 24.5. The van der Waals surface area contributed by atoms with E-state index < -0.39 is 0 Å². The van der Waals surface area contributed by atoms with E-state index in [1.807, 2.05) is 65.4 Å². The van der Waals surface area contributed by atoms with Crippen molar-refractivity contribution in [2.75, 3.05) is 18.6 Å². The lowest BCUT2D eigenvalue weighted by atomic mass is 10.0. The van der Waals surface area contributed by atoms with Crippen molar-refractivity contribution in [3.05, 3.63) is 96.6 Å². The molecule has 0 radical (unpaired) electrons. The summed E-state index contributed by atoms with van der Waals surface area (Å²) in [5.41, 5.74) is 4.74. The Morgan fingerprint density at radius 2 is 1.80 bits per heavy atom. The number of amides is 1. The number of hydrogen-bond acceptors (Lipinski definition) is 5. The maximum Gasteiger partial charge on any atom is 0.260 e. The average molecular weight is 483 g/mol. The van der Waals surface area contributed by atoms with E-state index in [-0.39, 0.29) is 5.91 Å². The van der Waals surface area contributed by atoms with E-state index in [0.717, 1.165) is 39.9 Å². The van der Waals surface area contributed by atoms with Crippen LogP contribution in [0, 0.1) is 6.92 Å². The molecule has 1 amide bonds. The molecule has 0 saturated heterocycles. The zero-order valence-corrected chi connectivity index (χ0v) is 20.5. The van der Waals surface area contributed by atoms with Gasteiger partial charge in [-0.05, 0) is 48.2 Å². The monoisotopic (exact) mass is 482 g/mol. The first-order valence-corrected chi connectivity index (χ1v) is 12.3. The van der Waals surface area contributed by atoms with E-state index in [0.29, 0.717) is 23.0 Å². The number of imidazole rings is 1. The van der Waals surface area contributed by atoms with Crippen LogP contribution in [0.5, 0.6) is 5.75 Å². The Balaban J connectivity index is 1.46. The lowest BCUT2D eigenvalue weighted by Crippen LogP contribution is -2.32. The van der Waals surface area contributed by atoms with Gasteiger partial charge in [-0.2, -0.15) is 0 Å². The van der Waals surface area contributed by atoms with Crippen molar-refractivity contribution in [1.29, 1.82) is 0 Å². The number of benzene rings is 3. The second-order valence-corrected chi connectivity index (χ2v) is 9.29. The number of fused-ring (bicyclic) bond motifs is 1. The molecule has 2 aromatic heterocycles. The topological polar surface area (TPSA) is 60.2 Å². The highest BCUT2D eigenvalue weighted by Gasteiger charge is 2.23. The fourth-order valence-corrected chi connectivity index (χ4v) is 5.16. The summed E-state index contributed by atoms with van der Waals surface area (Å²) >= 11 is 1.53. The molecule has 0 unspecified atom stereocenters. The van der Waals surface area contributed by atoms with Crippen molar-refractivity contribution in [2.24, 2.45) is 0 Å². The van der Waals surface area contributed by atoms with Crippen LogP contribution >= 0.6 is 11.3 Å². The second kappa shape index (κ2) is 10.1. The Bertz CT molecular complexity index is 1430. The molecule has 0 aliphatic rings. The van der Waals surface area contributed by atoms with Gasteiger partial charge in [-0.25, -0.2) is 9.97 Å². The van der Waals surface area contributed by atoms with Gasteiger partial charge < -0.3 is 9.30 Å². The zero-order chi connectivity index (χ0) is 24.2. The highest BCUT2D eigenvalue weighted by Crippen LogP contribution is 2.37. The number of carbonyl (C=O) groups excluding carboxylic acids is 1. The van der Waals surface area contributed by atoms with Crippen LogP contribution in [0.1, 0.15) is 22.3 Å². The van der Waals surface area contributed by atoms with Gasteiger partial charge >= 0.3 is 0 Å². The first-order valence-electron chi connectivity index (χ1n) is 11.5. The summed E-state index contributed by atoms with van der Waals surface area (Å²) in [7, 11) is 1.64. The van der Waals surface area contributed by atoms with Crippen LogP contribution in [0.15, 0.2) is 85.5 Å². The molecule has 0 aliphatic carbocycles. The van der Waals surface area contributed by atoms with Gasteiger partial charge in [0.1, 0.15) is 11.3 Å². The third kappa shape index (κ3) is 4.81. The van der Waals surface area contributed by atoms with Crippen molar-refractivity contribution >= 4 is 32.6 Å². The summed E-state index contributed by atoms with van der Waals surface area (Å²) in [6.45, 7) is 3.36. The standard InChI is InChI=1S/C28H26N4O2S/c1-20-9-14-24(34-2)25-26(20)35-28(30-25)32(17-6-16-31-18-15-29-19-31)27(33)23-12-10-22(11-13-23)21-7-4-3-5-8-21/h3-5,7-15,18-19H,6,16-17H2,1-2H3. The molecule has 0 spiro atoms. The molecule has 5 rings (SSSR count). The van der Waals surface area contributed by atoms with E-state index in [4.69, 9.17) is 9.72 Å². The molecule has 6 nitrogen and oxygen atoms in total. The second-order valence-electron chi connectivity index (χ2n) is 8.31. The summed E-state index contributed by atoms with van der Waals surface area (Å²) in [6.07, 6.45) is 6.26. The molecule has 2 heterocycles. The van der Waals surface area contributed by atoms with E-state index in [2.05, 4.69) is 24.0 Å². The first-order chi connectivity index (χ1) is 17.1. The van der Waals surface area contributed by atoms with Crippen LogP contribution in [0.4, 0.5) is 5.13 Å². The van der Waals surface area contributed by atoms with Gasteiger partial charge in [-0.3, -0.25) is 9.69 Å². The first kappa shape index (κ1) is 22.8. The van der Waals surface area contributed by atoms with Crippen molar-refractivity contribution in [2.45, 2.75) is 19.9 Å². The van der Waals surface area contributed by atoms with Gasteiger partial charge in [-0.15, -0.1) is 0 Å². The van der Waals surface area contributed by atoms with Crippen LogP contribution < -0.4 is 9.64 Å². The van der Waals surface area contributed by atoms with Gasteiger partial charge in [-0.1, -0.05) is 59.9 Å². The number of thiazole rings is 1. The zero-order valence-electron chi connectivity index (χ0n) is 19.7. The van der Waals surface area contributed by atoms with Gasteiger partial charge in [0.15, 0.2) is 5.13 Å². The fourth-order valence-electron chi connectivity index (χ4n) is 4.08. The number of methoxy groups -OCH3 is 1. The normalized spacial score (nSPS) is 11.0. The molecule has 0 N–H and O–H groups in total. The van der Waals surface area contributed by atoms with Crippen LogP contribution in [-0.4, -0.2) is 34.1 Å². The molecule has 3 aromatic carbocycles. The van der Waals surface area contributed by atoms with Crippen molar-refractivity contribution < 1.29 is 9.53 Å². The van der Waals surface area contributed by atoms with Crippen molar-refractivity contribution in [3.8, 4) is 16.9 Å². The van der Waals surface area contributed by atoms with Crippen LogP contribution in [0.25, 0.3) is 21.3 Å². The minimum absolute atomic E-state index is 0.0640. The minimum atomic E-state index is -0.0640. The Morgan fingerprint density at radius 1 is 1.03 bits per heavy atom. The highest BCUT2D eigenvalue weighted by atomic mass is 32.1. The third-order valence-electron chi connectivity index (χ3n) is 5.98. The SMILES string of the molecule is COc1ccc(C)c2sc(N(CCCn3ccnc3)C(=O)c3ccc(-c4ccccc4)cc3)nc12. The van der Waals surface area contributed by atoms with Crippen LogP contribution in [0.3, 0.4) is 0 Å². The number of hydrogen-bond donors (Lipinski definition) is 0. The van der Waals surface area contributed by atoms with Gasteiger partial charge in [0.25, 0.3) is 5.91 Å². The third-order valence-corrected chi connectivity index (χ3v) is 7.20. The number of nitrogens with zero attached hydrogens (tertiary/aromatic N) is 4. The average Bonchev–Trinajstić information content (AvgIpc) is 3.58. The molecule has 176 valence electrons. The lowest BCUT2D eigenvalue weighted by molar-refractivity contribution is 0.0986. The Morgan fingerprint density at radius 3 is 2.51 bits per heavy atom. The van der Waals surface area contributed by atoms with Gasteiger partial charge in [0.05, 0.1) is 18.1 Å². The fraction of sp³-hybridized carbons (Fsp3) is 0.179. The van der Waals surface area contributed by atoms with Gasteiger partial charge in [0.2, 0.25) is 0 Å². The number of rotatable bonds is 8. The van der Waals surface area contributed by atoms with Crippen molar-refractivity contribution in [1.82, 2.24) is 14.5 Å². The minimum Gasteiger partial charge on any atom is -0.494 e. The van der Waals surface area contributed by atoms with E-state index in [9.17, 15) is 4.79 Å². The number of anilines is 1. The smallest absolute Gasteiger partial charge is 0.260 e. The molecule has 0 fully saturated rings.